The first-order valence-corrected chi connectivity index (χ1v) is 7.18. The maximum Gasteiger partial charge on any atom is 0.321 e. The number of fused-ring (bicyclic) bond motifs is 1. The van der Waals surface area contributed by atoms with Gasteiger partial charge in [0.25, 0.3) is 0 Å². The largest absolute Gasteiger partial charge is 0.395 e. The maximum absolute atomic E-state index is 12.3. The van der Waals surface area contributed by atoms with E-state index in [1.807, 2.05) is 38.1 Å². The fourth-order valence-corrected chi connectivity index (χ4v) is 2.34. The first-order chi connectivity index (χ1) is 10.2. The predicted octanol–water partition coefficient (Wildman–Crippen LogP) is 2.78. The van der Waals surface area contributed by atoms with Crippen molar-refractivity contribution in [3.8, 4) is 0 Å². The Labute approximate surface area is 124 Å². The Hall–Kier alpha value is -2.14. The number of aliphatic hydroxyl groups is 1. The molecule has 5 heteroatoms. The maximum atomic E-state index is 12.3. The molecule has 0 saturated heterocycles. The lowest BCUT2D eigenvalue weighted by molar-refractivity contribution is 0.188. The van der Waals surface area contributed by atoms with Gasteiger partial charge in [-0.3, -0.25) is 4.98 Å². The van der Waals surface area contributed by atoms with Gasteiger partial charge in [0.1, 0.15) is 0 Å². The summed E-state index contributed by atoms with van der Waals surface area (Å²) in [6.45, 7) is 4.89. The van der Waals surface area contributed by atoms with Crippen molar-refractivity contribution in [1.29, 1.82) is 0 Å². The highest BCUT2D eigenvalue weighted by molar-refractivity contribution is 5.99. The van der Waals surface area contributed by atoms with Crippen LogP contribution in [0.25, 0.3) is 10.9 Å². The van der Waals surface area contributed by atoms with Gasteiger partial charge in [-0.05, 0) is 37.1 Å². The number of nitrogens with zero attached hydrogens (tertiary/aromatic N) is 2. The summed E-state index contributed by atoms with van der Waals surface area (Å²) in [5.74, 6) is 0. The number of nitrogens with one attached hydrogen (secondary N) is 1. The number of urea groups is 1. The van der Waals surface area contributed by atoms with Gasteiger partial charge in [0.05, 0.1) is 17.8 Å². The van der Waals surface area contributed by atoms with Gasteiger partial charge in [-0.1, -0.05) is 13.0 Å². The molecule has 0 spiro atoms. The molecule has 1 heterocycles. The number of carbonyl (C=O) groups excluding carboxylic acids is 1. The lowest BCUT2D eigenvalue weighted by atomic mass is 10.1. The van der Waals surface area contributed by atoms with Gasteiger partial charge >= 0.3 is 6.03 Å². The number of benzene rings is 1. The molecule has 2 amide bonds. The second-order valence-electron chi connectivity index (χ2n) is 5.03. The number of aliphatic hydroxyl groups excluding tert-OH is 1. The van der Waals surface area contributed by atoms with E-state index in [0.717, 1.165) is 22.9 Å². The van der Waals surface area contributed by atoms with Crippen molar-refractivity contribution in [2.24, 2.45) is 0 Å². The molecule has 0 radical (unpaired) electrons. The van der Waals surface area contributed by atoms with Gasteiger partial charge in [0, 0.05) is 24.7 Å². The number of hydrogen-bond donors (Lipinski definition) is 2. The molecule has 0 unspecified atom stereocenters. The number of aryl methyl sites for hydroxylation is 1. The first-order valence-electron chi connectivity index (χ1n) is 7.18. The molecule has 0 bridgehead atoms. The van der Waals surface area contributed by atoms with E-state index in [0.29, 0.717) is 18.8 Å². The summed E-state index contributed by atoms with van der Waals surface area (Å²) in [4.78, 5) is 18.3. The van der Waals surface area contributed by atoms with E-state index in [1.165, 1.54) is 0 Å². The van der Waals surface area contributed by atoms with E-state index in [4.69, 9.17) is 5.11 Å². The number of anilines is 1. The van der Waals surface area contributed by atoms with Gasteiger partial charge in [-0.25, -0.2) is 4.79 Å². The highest BCUT2D eigenvalue weighted by Crippen LogP contribution is 2.23. The molecule has 112 valence electrons. The number of rotatable bonds is 5. The minimum Gasteiger partial charge on any atom is -0.395 e. The molecular weight excluding hydrogens is 266 g/mol. The van der Waals surface area contributed by atoms with Crippen LogP contribution in [0, 0.1) is 6.92 Å². The molecule has 5 nitrogen and oxygen atoms in total. The van der Waals surface area contributed by atoms with Crippen molar-refractivity contribution in [3.63, 3.8) is 0 Å². The third-order valence-corrected chi connectivity index (χ3v) is 3.24. The molecule has 21 heavy (non-hydrogen) atoms. The molecule has 1 aromatic heterocycles. The Balaban J connectivity index is 2.28. The molecule has 0 aliphatic carbocycles. The second kappa shape index (κ2) is 7.04. The summed E-state index contributed by atoms with van der Waals surface area (Å²) in [5.41, 5.74) is 2.54. The van der Waals surface area contributed by atoms with Crippen LogP contribution in [0.5, 0.6) is 0 Å². The van der Waals surface area contributed by atoms with Crippen LogP contribution in [-0.4, -0.2) is 40.7 Å². The standard InChI is InChI=1S/C16H21N3O2/c1-3-7-19(8-9-20)16(21)18-14-11-12(2)10-13-5-4-6-17-15(13)14/h4-6,10-11,20H,3,7-9H2,1-2H3,(H,18,21). The SMILES string of the molecule is CCCN(CCO)C(=O)Nc1cc(C)cc2cccnc12. The van der Waals surface area contributed by atoms with Gasteiger partial charge in [0.2, 0.25) is 0 Å². The first kappa shape index (κ1) is 15.3. The highest BCUT2D eigenvalue weighted by Gasteiger charge is 2.14. The minimum absolute atomic E-state index is 0.0414. The third-order valence-electron chi connectivity index (χ3n) is 3.24. The fourth-order valence-electron chi connectivity index (χ4n) is 2.34. The Kier molecular flexibility index (Phi) is 5.11. The fraction of sp³-hybridized carbons (Fsp3) is 0.375. The summed E-state index contributed by atoms with van der Waals surface area (Å²) >= 11 is 0. The molecule has 2 rings (SSSR count). The van der Waals surface area contributed by atoms with Crippen LogP contribution in [-0.2, 0) is 0 Å². The van der Waals surface area contributed by atoms with Gasteiger partial charge in [-0.2, -0.15) is 0 Å². The molecule has 1 aromatic carbocycles. The zero-order valence-electron chi connectivity index (χ0n) is 12.5. The Morgan fingerprint density at radius 3 is 2.90 bits per heavy atom. The van der Waals surface area contributed by atoms with E-state index in [-0.39, 0.29) is 12.6 Å². The van der Waals surface area contributed by atoms with Crippen molar-refractivity contribution in [3.05, 3.63) is 36.0 Å². The summed E-state index contributed by atoms with van der Waals surface area (Å²) in [5, 5.41) is 13.0. The number of aromatic nitrogens is 1. The van der Waals surface area contributed by atoms with Crippen LogP contribution >= 0.6 is 0 Å². The van der Waals surface area contributed by atoms with Crippen molar-refractivity contribution in [1.82, 2.24) is 9.88 Å². The van der Waals surface area contributed by atoms with Crippen molar-refractivity contribution >= 4 is 22.6 Å². The monoisotopic (exact) mass is 287 g/mol. The Bertz CT molecular complexity index is 622. The van der Waals surface area contributed by atoms with E-state index in [1.54, 1.807) is 11.1 Å². The molecule has 0 aliphatic heterocycles. The lowest BCUT2D eigenvalue weighted by Gasteiger charge is -2.22. The number of hydrogen-bond acceptors (Lipinski definition) is 3. The molecule has 0 atom stereocenters. The van der Waals surface area contributed by atoms with Crippen LogP contribution in [0.2, 0.25) is 0 Å². The Morgan fingerprint density at radius 1 is 1.38 bits per heavy atom. The average Bonchev–Trinajstić information content (AvgIpc) is 2.46. The summed E-state index contributed by atoms with van der Waals surface area (Å²) in [7, 11) is 0. The Morgan fingerprint density at radius 2 is 2.19 bits per heavy atom. The zero-order chi connectivity index (χ0) is 15.2. The van der Waals surface area contributed by atoms with Crippen LogP contribution in [0.1, 0.15) is 18.9 Å². The average molecular weight is 287 g/mol. The van der Waals surface area contributed by atoms with E-state index < -0.39 is 0 Å². The predicted molar refractivity (Wildman–Crippen MR) is 84.4 cm³/mol. The smallest absolute Gasteiger partial charge is 0.321 e. The van der Waals surface area contributed by atoms with Crippen LogP contribution in [0.4, 0.5) is 10.5 Å². The lowest BCUT2D eigenvalue weighted by Crippen LogP contribution is -2.37. The number of amides is 2. The summed E-state index contributed by atoms with van der Waals surface area (Å²) < 4.78 is 0. The van der Waals surface area contributed by atoms with Gasteiger partial charge in [0.15, 0.2) is 0 Å². The molecule has 0 fully saturated rings. The van der Waals surface area contributed by atoms with Crippen molar-refractivity contribution in [2.75, 3.05) is 25.0 Å². The normalized spacial score (nSPS) is 10.6. The van der Waals surface area contributed by atoms with Crippen molar-refractivity contribution < 1.29 is 9.90 Å². The van der Waals surface area contributed by atoms with Gasteiger partial charge < -0.3 is 15.3 Å². The quantitative estimate of drug-likeness (QED) is 0.888. The van der Waals surface area contributed by atoms with Gasteiger partial charge in [-0.15, -0.1) is 0 Å². The highest BCUT2D eigenvalue weighted by atomic mass is 16.3. The van der Waals surface area contributed by atoms with E-state index >= 15 is 0 Å². The topological polar surface area (TPSA) is 65.5 Å². The summed E-state index contributed by atoms with van der Waals surface area (Å²) in [6.07, 6.45) is 2.56. The summed E-state index contributed by atoms with van der Waals surface area (Å²) in [6, 6.07) is 7.60. The minimum atomic E-state index is -0.205. The van der Waals surface area contributed by atoms with Crippen molar-refractivity contribution in [2.45, 2.75) is 20.3 Å². The second-order valence-corrected chi connectivity index (χ2v) is 5.03. The van der Waals surface area contributed by atoms with Crippen LogP contribution in [0.3, 0.4) is 0 Å². The zero-order valence-corrected chi connectivity index (χ0v) is 12.5. The third kappa shape index (κ3) is 3.70. The van der Waals surface area contributed by atoms with Crippen LogP contribution in [0.15, 0.2) is 30.5 Å². The molecule has 0 saturated carbocycles. The number of pyridine rings is 1. The number of carbonyl (C=O) groups is 1. The van der Waals surface area contributed by atoms with E-state index in [9.17, 15) is 4.79 Å². The van der Waals surface area contributed by atoms with Crippen LogP contribution < -0.4 is 5.32 Å². The van der Waals surface area contributed by atoms with E-state index in [2.05, 4.69) is 10.3 Å². The molecule has 0 aliphatic rings. The molecule has 2 N–H and O–H groups in total. The molecular formula is C16H21N3O2. The molecule has 2 aromatic rings.